The van der Waals surface area contributed by atoms with Crippen LogP contribution in [-0.4, -0.2) is 18.5 Å². The fraction of sp³-hybridized carbons (Fsp3) is 0.231. The van der Waals surface area contributed by atoms with Crippen LogP contribution in [0.25, 0.3) is 0 Å². The molecule has 0 radical (unpaired) electrons. The lowest BCUT2D eigenvalue weighted by atomic mass is 10.1. The number of hydrogen-bond acceptors (Lipinski definition) is 4. The van der Waals surface area contributed by atoms with Crippen molar-refractivity contribution in [3.05, 3.63) is 34.9 Å². The summed E-state index contributed by atoms with van der Waals surface area (Å²) in [5.41, 5.74) is 1.95. The highest BCUT2D eigenvalue weighted by Gasteiger charge is 2.20. The van der Waals surface area contributed by atoms with Gasteiger partial charge in [-0.1, -0.05) is 12.0 Å². The fourth-order valence-corrected chi connectivity index (χ4v) is 1.48. The van der Waals surface area contributed by atoms with Gasteiger partial charge in [-0.3, -0.25) is 0 Å². The van der Waals surface area contributed by atoms with Gasteiger partial charge in [0.25, 0.3) is 0 Å². The summed E-state index contributed by atoms with van der Waals surface area (Å²) < 4.78 is 9.54. The first kappa shape index (κ1) is 11.2. The standard InChI is InChI=1S/C13H10O4/c1-2-16-12(14)6-4-9-3-5-10-8-17-13(15)11(10)7-9/h3,5,7H,2,8H2,1H3. The molecule has 1 heterocycles. The van der Waals surface area contributed by atoms with Crippen LogP contribution in [0.1, 0.15) is 28.4 Å². The number of benzene rings is 1. The molecule has 17 heavy (non-hydrogen) atoms. The van der Waals surface area contributed by atoms with Gasteiger partial charge in [-0.15, -0.1) is 0 Å². The highest BCUT2D eigenvalue weighted by Crippen LogP contribution is 2.20. The lowest BCUT2D eigenvalue weighted by molar-refractivity contribution is -0.136. The Morgan fingerprint density at radius 1 is 1.53 bits per heavy atom. The van der Waals surface area contributed by atoms with Gasteiger partial charge in [-0.2, -0.15) is 0 Å². The molecule has 0 spiro atoms. The number of fused-ring (bicyclic) bond motifs is 1. The molecule has 0 amide bonds. The second-order valence-corrected chi connectivity index (χ2v) is 3.42. The van der Waals surface area contributed by atoms with E-state index >= 15 is 0 Å². The van der Waals surface area contributed by atoms with Crippen molar-refractivity contribution in [3.63, 3.8) is 0 Å². The predicted molar refractivity (Wildman–Crippen MR) is 59.1 cm³/mol. The molecule has 0 aromatic heterocycles. The summed E-state index contributed by atoms with van der Waals surface area (Å²) in [5.74, 6) is 4.07. The van der Waals surface area contributed by atoms with E-state index in [1.807, 2.05) is 0 Å². The second kappa shape index (κ2) is 4.71. The first-order valence-electron chi connectivity index (χ1n) is 5.19. The van der Waals surface area contributed by atoms with Gasteiger partial charge in [0, 0.05) is 17.0 Å². The van der Waals surface area contributed by atoms with E-state index in [1.165, 1.54) is 0 Å². The van der Waals surface area contributed by atoms with Gasteiger partial charge in [0.1, 0.15) is 6.61 Å². The third-order valence-electron chi connectivity index (χ3n) is 2.27. The van der Waals surface area contributed by atoms with Crippen LogP contribution in [0.15, 0.2) is 18.2 Å². The molecule has 0 saturated carbocycles. The summed E-state index contributed by atoms with van der Waals surface area (Å²) in [7, 11) is 0. The van der Waals surface area contributed by atoms with Crippen LogP contribution in [0.2, 0.25) is 0 Å². The number of rotatable bonds is 1. The van der Waals surface area contributed by atoms with E-state index in [1.54, 1.807) is 25.1 Å². The molecule has 0 atom stereocenters. The quantitative estimate of drug-likeness (QED) is 0.538. The van der Waals surface area contributed by atoms with Crippen molar-refractivity contribution in [3.8, 4) is 11.8 Å². The van der Waals surface area contributed by atoms with Crippen LogP contribution in [0.4, 0.5) is 0 Å². The van der Waals surface area contributed by atoms with Crippen LogP contribution < -0.4 is 0 Å². The molecule has 4 heteroatoms. The van der Waals surface area contributed by atoms with Gasteiger partial charge in [0.05, 0.1) is 12.2 Å². The van der Waals surface area contributed by atoms with E-state index < -0.39 is 5.97 Å². The summed E-state index contributed by atoms with van der Waals surface area (Å²) in [6.45, 7) is 2.31. The maximum absolute atomic E-state index is 11.3. The van der Waals surface area contributed by atoms with Gasteiger partial charge in [-0.05, 0) is 19.1 Å². The number of hydrogen-bond donors (Lipinski definition) is 0. The molecular weight excluding hydrogens is 220 g/mol. The Bertz CT molecular complexity index is 534. The number of cyclic esters (lactones) is 1. The molecule has 0 bridgehead atoms. The molecule has 86 valence electrons. The lowest BCUT2D eigenvalue weighted by Gasteiger charge is -1.95. The number of carbonyl (C=O) groups excluding carboxylic acids is 2. The Balaban J connectivity index is 2.21. The third-order valence-corrected chi connectivity index (χ3v) is 2.27. The minimum absolute atomic E-state index is 0.296. The van der Waals surface area contributed by atoms with Crippen LogP contribution in [-0.2, 0) is 20.9 Å². The Labute approximate surface area is 98.5 Å². The third kappa shape index (κ3) is 2.45. The van der Waals surface area contributed by atoms with Gasteiger partial charge in [0.2, 0.25) is 0 Å². The molecule has 0 unspecified atom stereocenters. The molecule has 0 fully saturated rings. The largest absolute Gasteiger partial charge is 0.457 e. The van der Waals surface area contributed by atoms with Crippen molar-refractivity contribution in [2.75, 3.05) is 6.61 Å². The van der Waals surface area contributed by atoms with E-state index in [0.29, 0.717) is 24.3 Å². The van der Waals surface area contributed by atoms with Gasteiger partial charge < -0.3 is 9.47 Å². The zero-order valence-corrected chi connectivity index (χ0v) is 9.28. The van der Waals surface area contributed by atoms with E-state index in [-0.39, 0.29) is 5.97 Å². The highest BCUT2D eigenvalue weighted by molar-refractivity contribution is 5.94. The SMILES string of the molecule is CCOC(=O)C#Cc1ccc2c(c1)C(=O)OC2. The molecule has 1 aromatic carbocycles. The van der Waals surface area contributed by atoms with Crippen molar-refractivity contribution in [1.82, 2.24) is 0 Å². The van der Waals surface area contributed by atoms with Crippen LogP contribution in [0.5, 0.6) is 0 Å². The van der Waals surface area contributed by atoms with E-state index in [4.69, 9.17) is 4.74 Å². The van der Waals surface area contributed by atoms with E-state index in [9.17, 15) is 9.59 Å². The van der Waals surface area contributed by atoms with Crippen LogP contribution in [0.3, 0.4) is 0 Å². The van der Waals surface area contributed by atoms with Crippen molar-refractivity contribution in [2.45, 2.75) is 13.5 Å². The molecular formula is C13H10O4. The summed E-state index contributed by atoms with van der Waals surface area (Å²) in [5, 5.41) is 0. The molecule has 0 saturated heterocycles. The van der Waals surface area contributed by atoms with Crippen molar-refractivity contribution in [2.24, 2.45) is 0 Å². The smallest absolute Gasteiger partial charge is 0.384 e. The first-order chi connectivity index (χ1) is 8.20. The summed E-state index contributed by atoms with van der Waals surface area (Å²) in [4.78, 5) is 22.3. The summed E-state index contributed by atoms with van der Waals surface area (Å²) >= 11 is 0. The number of ether oxygens (including phenoxy) is 2. The fourth-order valence-electron chi connectivity index (χ4n) is 1.48. The Morgan fingerprint density at radius 2 is 2.35 bits per heavy atom. The van der Waals surface area contributed by atoms with Crippen LogP contribution in [0, 0.1) is 11.8 Å². The molecule has 0 aliphatic carbocycles. The normalized spacial score (nSPS) is 12.2. The zero-order valence-electron chi connectivity index (χ0n) is 9.28. The minimum atomic E-state index is -0.574. The summed E-state index contributed by atoms with van der Waals surface area (Å²) in [6.07, 6.45) is 0. The Kier molecular flexibility index (Phi) is 3.10. The van der Waals surface area contributed by atoms with Crippen molar-refractivity contribution < 1.29 is 19.1 Å². The van der Waals surface area contributed by atoms with E-state index in [2.05, 4.69) is 16.6 Å². The lowest BCUT2D eigenvalue weighted by Crippen LogP contribution is -1.99. The number of carbonyl (C=O) groups is 2. The molecule has 1 aliphatic heterocycles. The topological polar surface area (TPSA) is 52.6 Å². The molecule has 2 rings (SSSR count). The number of esters is 2. The Hall–Kier alpha value is -2.28. The van der Waals surface area contributed by atoms with Gasteiger partial charge in [-0.25, -0.2) is 9.59 Å². The average Bonchev–Trinajstić information content (AvgIpc) is 2.69. The maximum atomic E-state index is 11.3. The maximum Gasteiger partial charge on any atom is 0.384 e. The van der Waals surface area contributed by atoms with Gasteiger partial charge in [0.15, 0.2) is 0 Å². The summed E-state index contributed by atoms with van der Waals surface area (Å²) in [6, 6.07) is 5.14. The van der Waals surface area contributed by atoms with Crippen molar-refractivity contribution >= 4 is 11.9 Å². The first-order valence-corrected chi connectivity index (χ1v) is 5.19. The monoisotopic (exact) mass is 230 g/mol. The molecule has 0 N–H and O–H groups in total. The minimum Gasteiger partial charge on any atom is -0.457 e. The average molecular weight is 230 g/mol. The molecule has 4 nitrogen and oxygen atoms in total. The predicted octanol–water partition coefficient (Wildman–Crippen LogP) is 1.27. The van der Waals surface area contributed by atoms with E-state index in [0.717, 1.165) is 5.56 Å². The second-order valence-electron chi connectivity index (χ2n) is 3.42. The molecule has 1 aliphatic rings. The Morgan fingerprint density at radius 3 is 3.12 bits per heavy atom. The van der Waals surface area contributed by atoms with Gasteiger partial charge >= 0.3 is 11.9 Å². The zero-order chi connectivity index (χ0) is 12.3. The van der Waals surface area contributed by atoms with Crippen molar-refractivity contribution in [1.29, 1.82) is 0 Å². The van der Waals surface area contributed by atoms with Crippen LogP contribution >= 0.6 is 0 Å². The highest BCUT2D eigenvalue weighted by atomic mass is 16.5. The molecule has 1 aromatic rings.